The van der Waals surface area contributed by atoms with Crippen LogP contribution in [0.5, 0.6) is 0 Å². The van der Waals surface area contributed by atoms with Gasteiger partial charge in [-0.25, -0.2) is 0 Å². The van der Waals surface area contributed by atoms with Gasteiger partial charge in [0.25, 0.3) is 0 Å². The van der Waals surface area contributed by atoms with Crippen LogP contribution in [0, 0.1) is 0 Å². The highest BCUT2D eigenvalue weighted by Crippen LogP contribution is 2.46. The first-order chi connectivity index (χ1) is 15.1. The van der Waals surface area contributed by atoms with E-state index in [9.17, 15) is 18.0 Å². The molecule has 1 aliphatic rings. The number of rotatable bonds is 5. The van der Waals surface area contributed by atoms with Crippen LogP contribution in [0.4, 0.5) is 13.2 Å². The number of hydrogen-bond donors (Lipinski definition) is 1. The Bertz CT molecular complexity index is 1090. The lowest BCUT2D eigenvalue weighted by Gasteiger charge is -2.38. The maximum atomic E-state index is 13.6. The monoisotopic (exact) mass is 481 g/mol. The Balaban J connectivity index is 2.25. The molecule has 3 rings (SSSR count). The van der Waals surface area contributed by atoms with E-state index in [-0.39, 0.29) is 24.1 Å². The fourth-order valence-electron chi connectivity index (χ4n) is 3.91. The van der Waals surface area contributed by atoms with E-state index in [1.54, 1.807) is 36.1 Å². The molecule has 2 unspecified atom stereocenters. The molecule has 0 saturated heterocycles. The maximum absolute atomic E-state index is 13.6. The molecule has 1 amide bonds. The Morgan fingerprint density at radius 1 is 1.38 bits per heavy atom. The molecule has 0 radical (unpaired) electrons. The highest BCUT2D eigenvalue weighted by molar-refractivity contribution is 7.16. The Labute approximate surface area is 193 Å². The van der Waals surface area contributed by atoms with E-state index in [1.165, 1.54) is 23.6 Å². The number of thiophene rings is 1. The van der Waals surface area contributed by atoms with E-state index in [1.807, 2.05) is 13.0 Å². The van der Waals surface area contributed by atoms with Crippen molar-refractivity contribution in [3.63, 3.8) is 0 Å². The number of alkyl halides is 3. The molecular weight excluding hydrogens is 459 g/mol. The van der Waals surface area contributed by atoms with Crippen molar-refractivity contribution in [3.8, 4) is 0 Å². The van der Waals surface area contributed by atoms with Gasteiger partial charge in [0, 0.05) is 35.7 Å². The molecule has 2 atom stereocenters. The molecule has 9 heteroatoms. The number of fused-ring (bicyclic) bond motifs is 1. The van der Waals surface area contributed by atoms with Crippen LogP contribution < -0.4 is 5.73 Å². The van der Waals surface area contributed by atoms with Gasteiger partial charge in [0.2, 0.25) is 5.91 Å². The molecule has 2 aromatic rings. The summed E-state index contributed by atoms with van der Waals surface area (Å²) < 4.78 is 41.3. The third-order valence-corrected chi connectivity index (χ3v) is 6.90. The number of halogens is 4. The molecule has 1 aromatic carbocycles. The smallest absolute Gasteiger partial charge is 0.394 e. The summed E-state index contributed by atoms with van der Waals surface area (Å²) in [6, 6.07) is 8.35. The van der Waals surface area contributed by atoms with Crippen molar-refractivity contribution in [3.05, 3.63) is 74.6 Å². The van der Waals surface area contributed by atoms with Crippen LogP contribution in [-0.2, 0) is 4.79 Å². The molecule has 0 spiro atoms. The lowest BCUT2D eigenvalue weighted by Crippen LogP contribution is -2.39. The zero-order valence-corrected chi connectivity index (χ0v) is 19.2. The summed E-state index contributed by atoms with van der Waals surface area (Å²) in [7, 11) is 0. The number of nitrogens with zero attached hydrogens (tertiary/aromatic N) is 2. The molecule has 2 N–H and O–H groups in total. The minimum atomic E-state index is -4.72. The van der Waals surface area contributed by atoms with Crippen molar-refractivity contribution in [1.29, 1.82) is 0 Å². The second kappa shape index (κ2) is 9.50. The summed E-state index contributed by atoms with van der Waals surface area (Å²) in [5.74, 6) is -0.649. The van der Waals surface area contributed by atoms with Crippen LogP contribution in [0.25, 0.3) is 5.57 Å². The molecule has 0 saturated carbocycles. The van der Waals surface area contributed by atoms with Crippen LogP contribution in [0.2, 0.25) is 4.34 Å². The Morgan fingerprint density at radius 2 is 2.06 bits per heavy atom. The number of nitrogens with two attached hydrogens (primary N) is 1. The number of carbonyl (C=O) groups excluding carboxylic acids is 1. The predicted octanol–water partition coefficient (Wildman–Crippen LogP) is 5.95. The van der Waals surface area contributed by atoms with Gasteiger partial charge in [-0.1, -0.05) is 42.4 Å². The third-order valence-electron chi connectivity index (χ3n) is 5.45. The summed E-state index contributed by atoms with van der Waals surface area (Å²) >= 11 is 7.67. The second-order valence-electron chi connectivity index (χ2n) is 7.33. The third kappa shape index (κ3) is 4.61. The highest BCUT2D eigenvalue weighted by Gasteiger charge is 2.38. The largest absolute Gasteiger partial charge is 0.431 e. The maximum Gasteiger partial charge on any atom is 0.431 e. The van der Waals surface area contributed by atoms with E-state index in [0.717, 1.165) is 10.4 Å². The van der Waals surface area contributed by atoms with Crippen molar-refractivity contribution < 1.29 is 18.0 Å². The molecule has 4 nitrogen and oxygen atoms in total. The van der Waals surface area contributed by atoms with Crippen molar-refractivity contribution in [1.82, 2.24) is 4.90 Å². The first-order valence-corrected chi connectivity index (χ1v) is 11.2. The minimum Gasteiger partial charge on any atom is -0.394 e. The van der Waals surface area contributed by atoms with Crippen molar-refractivity contribution in [2.24, 2.45) is 10.7 Å². The molecule has 0 aliphatic carbocycles. The van der Waals surface area contributed by atoms with Crippen LogP contribution in [0.15, 0.2) is 53.7 Å². The number of amides is 1. The Hall–Kier alpha value is -2.58. The van der Waals surface area contributed by atoms with Gasteiger partial charge in [0.05, 0.1) is 10.4 Å². The fourth-order valence-corrected chi connectivity index (χ4v) is 5.29. The van der Waals surface area contributed by atoms with E-state index in [2.05, 4.69) is 11.6 Å². The zero-order valence-electron chi connectivity index (χ0n) is 17.6. The normalized spacial score (nSPS) is 19.6. The molecule has 170 valence electrons. The Morgan fingerprint density at radius 3 is 2.69 bits per heavy atom. The first kappa shape index (κ1) is 24.1. The lowest BCUT2D eigenvalue weighted by atomic mass is 9.82. The van der Waals surface area contributed by atoms with Gasteiger partial charge >= 0.3 is 6.18 Å². The molecule has 32 heavy (non-hydrogen) atoms. The molecule has 1 aromatic heterocycles. The van der Waals surface area contributed by atoms with Gasteiger partial charge in [-0.2, -0.15) is 13.2 Å². The molecule has 0 fully saturated rings. The van der Waals surface area contributed by atoms with Crippen LogP contribution in [0.3, 0.4) is 0 Å². The van der Waals surface area contributed by atoms with Gasteiger partial charge in [-0.05, 0) is 42.7 Å². The van der Waals surface area contributed by atoms with Gasteiger partial charge in [0.15, 0.2) is 0 Å². The van der Waals surface area contributed by atoms with Crippen molar-refractivity contribution >= 4 is 40.6 Å². The minimum absolute atomic E-state index is 0.196. The van der Waals surface area contributed by atoms with Gasteiger partial charge < -0.3 is 10.6 Å². The standard InChI is InChI=1S/C23H23ClF3N3OS/c1-4-20(31)30-12-18(16-10-19(24)32-21(16)13(30)3)15-9-7-6-8-14(15)17(11-29-5-2)22(28)23(25,26)27/h4,6-11,13,18H,1,5,12,28H2,2-3H3/b22-17+,29-11?. The summed E-state index contributed by atoms with van der Waals surface area (Å²) in [4.78, 5) is 19.1. The predicted molar refractivity (Wildman–Crippen MR) is 124 cm³/mol. The Kier molecular flexibility index (Phi) is 7.15. The molecule has 2 heterocycles. The summed E-state index contributed by atoms with van der Waals surface area (Å²) in [5.41, 5.74) is 5.96. The van der Waals surface area contributed by atoms with E-state index >= 15 is 0 Å². The van der Waals surface area contributed by atoms with Gasteiger partial charge in [0.1, 0.15) is 5.70 Å². The summed E-state index contributed by atoms with van der Waals surface area (Å²) in [5, 5.41) is 0. The average molecular weight is 482 g/mol. The topological polar surface area (TPSA) is 58.7 Å². The van der Waals surface area contributed by atoms with Crippen molar-refractivity contribution in [2.45, 2.75) is 32.0 Å². The van der Waals surface area contributed by atoms with Crippen LogP contribution in [-0.4, -0.2) is 36.3 Å². The van der Waals surface area contributed by atoms with E-state index in [0.29, 0.717) is 22.0 Å². The second-order valence-corrected chi connectivity index (χ2v) is 9.05. The molecular formula is C23H23ClF3N3OS. The number of aliphatic imine (C=N–C) groups is 1. The van der Waals surface area contributed by atoms with Gasteiger partial charge in [-0.3, -0.25) is 9.79 Å². The van der Waals surface area contributed by atoms with Crippen LogP contribution in [0.1, 0.15) is 47.4 Å². The molecule has 1 aliphatic heterocycles. The number of carbonyl (C=O) groups is 1. The van der Waals surface area contributed by atoms with Crippen molar-refractivity contribution in [2.75, 3.05) is 13.1 Å². The number of benzene rings is 1. The fraction of sp³-hybridized carbons (Fsp3) is 0.304. The summed E-state index contributed by atoms with van der Waals surface area (Å²) in [6.07, 6.45) is -2.31. The van der Waals surface area contributed by atoms with Gasteiger partial charge in [-0.15, -0.1) is 11.3 Å². The highest BCUT2D eigenvalue weighted by atomic mass is 35.5. The summed E-state index contributed by atoms with van der Waals surface area (Å²) in [6.45, 7) is 7.78. The number of allylic oxidation sites excluding steroid dienone is 2. The quantitative estimate of drug-likeness (QED) is 0.424. The molecule has 0 bridgehead atoms. The van der Waals surface area contributed by atoms with E-state index < -0.39 is 17.8 Å². The SMILES string of the molecule is C=CC(=O)N1CC(c2ccccc2/C(C=NCC)=C(/N)C(F)(F)F)c2cc(Cl)sc2C1C. The average Bonchev–Trinajstić information content (AvgIpc) is 3.15. The number of hydrogen-bond acceptors (Lipinski definition) is 4. The lowest BCUT2D eigenvalue weighted by molar-refractivity contribution is -0.128. The zero-order chi connectivity index (χ0) is 23.6. The van der Waals surface area contributed by atoms with Crippen LogP contribution >= 0.6 is 22.9 Å². The van der Waals surface area contributed by atoms with E-state index in [4.69, 9.17) is 17.3 Å². The first-order valence-electron chi connectivity index (χ1n) is 9.98.